The Kier molecular flexibility index (Phi) is 3.13. The second kappa shape index (κ2) is 5.09. The van der Waals surface area contributed by atoms with E-state index in [1.54, 1.807) is 18.3 Å². The van der Waals surface area contributed by atoms with E-state index in [1.807, 2.05) is 36.4 Å². The van der Waals surface area contributed by atoms with Gasteiger partial charge in [-0.3, -0.25) is 0 Å². The van der Waals surface area contributed by atoms with E-state index in [2.05, 4.69) is 9.97 Å². The third kappa shape index (κ3) is 2.36. The zero-order chi connectivity index (χ0) is 13.9. The number of benzene rings is 2. The molecule has 0 radical (unpaired) electrons. The van der Waals surface area contributed by atoms with Crippen molar-refractivity contribution in [3.05, 3.63) is 66.6 Å². The van der Waals surface area contributed by atoms with Gasteiger partial charge in [0.05, 0.1) is 5.69 Å². The zero-order valence-corrected chi connectivity index (χ0v) is 10.6. The molecule has 1 heterocycles. The van der Waals surface area contributed by atoms with Crippen molar-refractivity contribution in [3.8, 4) is 22.4 Å². The molecule has 0 unspecified atom stereocenters. The molecule has 0 amide bonds. The van der Waals surface area contributed by atoms with Crippen molar-refractivity contribution in [1.82, 2.24) is 9.97 Å². The summed E-state index contributed by atoms with van der Waals surface area (Å²) in [5, 5.41) is 0. The normalized spacial score (nSPS) is 10.4. The number of aromatic nitrogens is 2. The van der Waals surface area contributed by atoms with Crippen molar-refractivity contribution in [2.45, 2.75) is 0 Å². The van der Waals surface area contributed by atoms with Crippen molar-refractivity contribution in [2.75, 3.05) is 5.73 Å². The van der Waals surface area contributed by atoms with Gasteiger partial charge in [-0.05, 0) is 17.7 Å². The van der Waals surface area contributed by atoms with Gasteiger partial charge in [-0.25, -0.2) is 14.4 Å². The maximum atomic E-state index is 14.2. The largest absolute Gasteiger partial charge is 0.368 e. The first-order valence-electron chi connectivity index (χ1n) is 6.18. The highest BCUT2D eigenvalue weighted by molar-refractivity contribution is 5.69. The van der Waals surface area contributed by atoms with E-state index in [0.717, 1.165) is 5.56 Å². The van der Waals surface area contributed by atoms with Crippen LogP contribution in [0.5, 0.6) is 0 Å². The molecule has 3 nitrogen and oxygen atoms in total. The number of nitrogens with two attached hydrogens (primary N) is 1. The van der Waals surface area contributed by atoms with Crippen LogP contribution in [0, 0.1) is 5.82 Å². The summed E-state index contributed by atoms with van der Waals surface area (Å²) in [5.74, 6) is -0.110. The van der Waals surface area contributed by atoms with E-state index >= 15 is 0 Å². The molecule has 3 rings (SSSR count). The Morgan fingerprint density at radius 3 is 2.40 bits per heavy atom. The second-order valence-corrected chi connectivity index (χ2v) is 4.36. The SMILES string of the molecule is Nc1nccc(-c2ccc(-c3ccccc3)c(F)c2)n1. The average molecular weight is 265 g/mol. The smallest absolute Gasteiger partial charge is 0.220 e. The molecule has 2 N–H and O–H groups in total. The van der Waals surface area contributed by atoms with Gasteiger partial charge in [0.25, 0.3) is 0 Å². The van der Waals surface area contributed by atoms with Crippen LogP contribution < -0.4 is 5.73 Å². The zero-order valence-electron chi connectivity index (χ0n) is 10.6. The molecule has 1 aromatic heterocycles. The Morgan fingerprint density at radius 1 is 0.900 bits per heavy atom. The molecule has 0 saturated heterocycles. The van der Waals surface area contributed by atoms with Gasteiger partial charge in [0.15, 0.2) is 0 Å². The number of nitrogen functional groups attached to an aromatic ring is 1. The van der Waals surface area contributed by atoms with Gasteiger partial charge in [0.1, 0.15) is 5.82 Å². The Labute approximate surface area is 115 Å². The van der Waals surface area contributed by atoms with Crippen LogP contribution in [0.4, 0.5) is 10.3 Å². The number of anilines is 1. The number of hydrogen-bond acceptors (Lipinski definition) is 3. The predicted octanol–water partition coefficient (Wildman–Crippen LogP) is 3.53. The summed E-state index contributed by atoms with van der Waals surface area (Å²) in [6, 6.07) is 16.2. The summed E-state index contributed by atoms with van der Waals surface area (Å²) in [6.45, 7) is 0. The minimum atomic E-state index is -0.286. The van der Waals surface area contributed by atoms with E-state index in [0.29, 0.717) is 16.8 Å². The van der Waals surface area contributed by atoms with Gasteiger partial charge in [0, 0.05) is 17.3 Å². The maximum absolute atomic E-state index is 14.2. The lowest BCUT2D eigenvalue weighted by Crippen LogP contribution is -1.95. The average Bonchev–Trinajstić information content (AvgIpc) is 2.48. The molecule has 4 heteroatoms. The highest BCUT2D eigenvalue weighted by Crippen LogP contribution is 2.27. The fourth-order valence-electron chi connectivity index (χ4n) is 2.06. The molecular weight excluding hydrogens is 253 g/mol. The monoisotopic (exact) mass is 265 g/mol. The van der Waals surface area contributed by atoms with Gasteiger partial charge in [-0.1, -0.05) is 42.5 Å². The first-order chi connectivity index (χ1) is 9.74. The van der Waals surface area contributed by atoms with Gasteiger partial charge >= 0.3 is 0 Å². The highest BCUT2D eigenvalue weighted by atomic mass is 19.1. The lowest BCUT2D eigenvalue weighted by molar-refractivity contribution is 0.632. The Hall–Kier alpha value is -2.75. The Morgan fingerprint density at radius 2 is 1.70 bits per heavy atom. The summed E-state index contributed by atoms with van der Waals surface area (Å²) in [5.41, 5.74) is 8.24. The van der Waals surface area contributed by atoms with E-state index < -0.39 is 0 Å². The molecule has 0 aliphatic heterocycles. The second-order valence-electron chi connectivity index (χ2n) is 4.36. The van der Waals surface area contributed by atoms with Crippen LogP contribution in [0.2, 0.25) is 0 Å². The molecule has 98 valence electrons. The summed E-state index contributed by atoms with van der Waals surface area (Å²) in [6.07, 6.45) is 1.56. The molecule has 0 aliphatic rings. The number of rotatable bonds is 2. The topological polar surface area (TPSA) is 51.8 Å². The van der Waals surface area contributed by atoms with Gasteiger partial charge in [0.2, 0.25) is 5.95 Å². The van der Waals surface area contributed by atoms with Crippen molar-refractivity contribution >= 4 is 5.95 Å². The van der Waals surface area contributed by atoms with E-state index in [1.165, 1.54) is 6.07 Å². The van der Waals surface area contributed by atoms with E-state index in [9.17, 15) is 4.39 Å². The molecule has 0 aliphatic carbocycles. The number of nitrogens with zero attached hydrogens (tertiary/aromatic N) is 2. The standard InChI is InChI=1S/C16H12FN3/c17-14-10-12(15-8-9-19-16(18)20-15)6-7-13(14)11-4-2-1-3-5-11/h1-10H,(H2,18,19,20). The van der Waals surface area contributed by atoms with Crippen LogP contribution in [-0.2, 0) is 0 Å². The number of hydrogen-bond donors (Lipinski definition) is 1. The minimum Gasteiger partial charge on any atom is -0.368 e. The minimum absolute atomic E-state index is 0.176. The molecule has 0 bridgehead atoms. The van der Waals surface area contributed by atoms with E-state index in [-0.39, 0.29) is 11.8 Å². The summed E-state index contributed by atoms with van der Waals surface area (Å²) >= 11 is 0. The van der Waals surface area contributed by atoms with Crippen LogP contribution in [0.15, 0.2) is 60.8 Å². The van der Waals surface area contributed by atoms with Crippen molar-refractivity contribution in [3.63, 3.8) is 0 Å². The molecule has 2 aromatic carbocycles. The van der Waals surface area contributed by atoms with Crippen molar-refractivity contribution < 1.29 is 4.39 Å². The molecule has 0 spiro atoms. The maximum Gasteiger partial charge on any atom is 0.220 e. The summed E-state index contributed by atoms with van der Waals surface area (Å²) < 4.78 is 14.2. The van der Waals surface area contributed by atoms with E-state index in [4.69, 9.17) is 5.73 Å². The third-order valence-corrected chi connectivity index (χ3v) is 3.02. The third-order valence-electron chi connectivity index (χ3n) is 3.02. The first-order valence-corrected chi connectivity index (χ1v) is 6.18. The van der Waals surface area contributed by atoms with Crippen molar-refractivity contribution in [2.24, 2.45) is 0 Å². The van der Waals surface area contributed by atoms with Gasteiger partial charge < -0.3 is 5.73 Å². The fraction of sp³-hybridized carbons (Fsp3) is 0. The van der Waals surface area contributed by atoms with Crippen LogP contribution in [0.25, 0.3) is 22.4 Å². The quantitative estimate of drug-likeness (QED) is 0.771. The lowest BCUT2D eigenvalue weighted by Gasteiger charge is -2.06. The number of halogens is 1. The van der Waals surface area contributed by atoms with Crippen LogP contribution in [-0.4, -0.2) is 9.97 Å². The van der Waals surface area contributed by atoms with Gasteiger partial charge in [-0.2, -0.15) is 0 Å². The molecule has 20 heavy (non-hydrogen) atoms. The summed E-state index contributed by atoms with van der Waals surface area (Å²) in [4.78, 5) is 7.91. The lowest BCUT2D eigenvalue weighted by atomic mass is 10.0. The first kappa shape index (κ1) is 12.3. The van der Waals surface area contributed by atoms with Crippen LogP contribution in [0.1, 0.15) is 0 Å². The predicted molar refractivity (Wildman–Crippen MR) is 77.3 cm³/mol. The fourth-order valence-corrected chi connectivity index (χ4v) is 2.06. The van der Waals surface area contributed by atoms with Crippen LogP contribution in [0.3, 0.4) is 0 Å². The van der Waals surface area contributed by atoms with Gasteiger partial charge in [-0.15, -0.1) is 0 Å². The van der Waals surface area contributed by atoms with Crippen LogP contribution >= 0.6 is 0 Å². The molecular formula is C16H12FN3. The molecule has 3 aromatic rings. The Bertz CT molecular complexity index is 742. The highest BCUT2D eigenvalue weighted by Gasteiger charge is 2.08. The summed E-state index contributed by atoms with van der Waals surface area (Å²) in [7, 11) is 0. The molecule has 0 fully saturated rings. The molecule has 0 atom stereocenters. The van der Waals surface area contributed by atoms with Crippen molar-refractivity contribution in [1.29, 1.82) is 0 Å². The Balaban J connectivity index is 2.04. The molecule has 0 saturated carbocycles.